The van der Waals surface area contributed by atoms with Crippen LogP contribution in [0.1, 0.15) is 37.3 Å². The first-order chi connectivity index (χ1) is 13.2. The predicted molar refractivity (Wildman–Crippen MR) is 92.0 cm³/mol. The smallest absolute Gasteiger partial charge is 0.328 e. The van der Waals surface area contributed by atoms with Crippen LogP contribution in [-0.4, -0.2) is 38.3 Å². The Hall–Kier alpha value is -2.07. The van der Waals surface area contributed by atoms with Crippen LogP contribution in [0.25, 0.3) is 0 Å². The molecule has 0 saturated heterocycles. The average Bonchev–Trinajstić information content (AvgIpc) is 3.08. The molecule has 2 aliphatic rings. The molecule has 10 heteroatoms. The number of halogens is 5. The first-order valence-electron chi connectivity index (χ1n) is 9.14. The second-order valence-electron chi connectivity index (χ2n) is 7.08. The summed E-state index contributed by atoms with van der Waals surface area (Å²) in [6, 6.07) is 4.88. The van der Waals surface area contributed by atoms with E-state index in [4.69, 9.17) is 5.73 Å². The molecule has 2 aromatic rings. The van der Waals surface area contributed by atoms with Crippen molar-refractivity contribution in [2.75, 3.05) is 6.54 Å². The van der Waals surface area contributed by atoms with Crippen molar-refractivity contribution in [1.29, 1.82) is 0 Å². The molecule has 154 valence electrons. The summed E-state index contributed by atoms with van der Waals surface area (Å²) in [7, 11) is 0. The summed E-state index contributed by atoms with van der Waals surface area (Å²) in [5.41, 5.74) is 5.98. The van der Waals surface area contributed by atoms with E-state index in [0.29, 0.717) is 31.5 Å². The van der Waals surface area contributed by atoms with Gasteiger partial charge in [-0.05, 0) is 43.5 Å². The SMILES string of the molecule is Fc1ccc(F)cc1.N[C@@H]1CCC[C@H](N2CCn3c(nnc3C(F)(F)F)C2)C1. The van der Waals surface area contributed by atoms with Gasteiger partial charge in [0.05, 0.1) is 6.54 Å². The fourth-order valence-electron chi connectivity index (χ4n) is 3.66. The molecule has 28 heavy (non-hydrogen) atoms. The van der Waals surface area contributed by atoms with E-state index in [0.717, 1.165) is 49.9 Å². The van der Waals surface area contributed by atoms with E-state index in [2.05, 4.69) is 15.1 Å². The molecular weight excluding hydrogens is 381 g/mol. The van der Waals surface area contributed by atoms with Crippen LogP contribution in [0.15, 0.2) is 24.3 Å². The third-order valence-electron chi connectivity index (χ3n) is 5.04. The summed E-state index contributed by atoms with van der Waals surface area (Å²) in [6.45, 7) is 1.33. The summed E-state index contributed by atoms with van der Waals surface area (Å²) in [6.07, 6.45) is -0.323. The largest absolute Gasteiger partial charge is 0.451 e. The van der Waals surface area contributed by atoms with Gasteiger partial charge in [-0.2, -0.15) is 13.2 Å². The Bertz CT molecular complexity index is 753. The molecule has 0 unspecified atom stereocenters. The number of benzene rings is 1. The number of nitrogens with zero attached hydrogens (tertiary/aromatic N) is 4. The molecule has 5 nitrogen and oxygen atoms in total. The Morgan fingerprint density at radius 3 is 2.18 bits per heavy atom. The number of hydrogen-bond donors (Lipinski definition) is 1. The molecule has 1 saturated carbocycles. The highest BCUT2D eigenvalue weighted by atomic mass is 19.4. The molecule has 1 aromatic heterocycles. The summed E-state index contributed by atoms with van der Waals surface area (Å²) in [4.78, 5) is 2.20. The van der Waals surface area contributed by atoms with Crippen LogP contribution in [0, 0.1) is 11.6 Å². The quantitative estimate of drug-likeness (QED) is 0.742. The van der Waals surface area contributed by atoms with Gasteiger partial charge in [0.15, 0.2) is 0 Å². The minimum atomic E-state index is -4.43. The lowest BCUT2D eigenvalue weighted by molar-refractivity contribution is -0.148. The van der Waals surface area contributed by atoms with Gasteiger partial charge in [-0.25, -0.2) is 8.78 Å². The normalized spacial score (nSPS) is 22.9. The van der Waals surface area contributed by atoms with E-state index in [1.165, 1.54) is 4.57 Å². The zero-order chi connectivity index (χ0) is 20.3. The van der Waals surface area contributed by atoms with Crippen molar-refractivity contribution < 1.29 is 22.0 Å². The van der Waals surface area contributed by atoms with Crippen LogP contribution < -0.4 is 5.73 Å². The van der Waals surface area contributed by atoms with E-state index < -0.39 is 23.6 Å². The predicted octanol–water partition coefficient (Wildman–Crippen LogP) is 3.35. The van der Waals surface area contributed by atoms with Crippen molar-refractivity contribution in [3.63, 3.8) is 0 Å². The first-order valence-corrected chi connectivity index (χ1v) is 9.14. The van der Waals surface area contributed by atoms with Crippen molar-refractivity contribution >= 4 is 0 Å². The maximum absolute atomic E-state index is 12.8. The van der Waals surface area contributed by atoms with Crippen LogP contribution in [-0.2, 0) is 19.3 Å². The lowest BCUT2D eigenvalue weighted by Gasteiger charge is -2.38. The molecule has 2 N–H and O–H groups in total. The zero-order valence-electron chi connectivity index (χ0n) is 15.2. The van der Waals surface area contributed by atoms with Gasteiger partial charge >= 0.3 is 6.18 Å². The van der Waals surface area contributed by atoms with Gasteiger partial charge in [0.2, 0.25) is 5.82 Å². The molecule has 1 aromatic carbocycles. The first kappa shape index (κ1) is 20.7. The molecule has 4 rings (SSSR count). The second-order valence-corrected chi connectivity index (χ2v) is 7.08. The number of nitrogens with two attached hydrogens (primary N) is 1. The molecular formula is C18H22F5N5. The number of rotatable bonds is 1. The van der Waals surface area contributed by atoms with Gasteiger partial charge in [0.1, 0.15) is 17.5 Å². The highest BCUT2D eigenvalue weighted by Crippen LogP contribution is 2.31. The minimum Gasteiger partial charge on any atom is -0.328 e. The van der Waals surface area contributed by atoms with Crippen molar-refractivity contribution in [3.8, 4) is 0 Å². The van der Waals surface area contributed by atoms with E-state index in [1.54, 1.807) is 0 Å². The van der Waals surface area contributed by atoms with Gasteiger partial charge in [-0.3, -0.25) is 4.90 Å². The molecule has 0 bridgehead atoms. The van der Waals surface area contributed by atoms with E-state index >= 15 is 0 Å². The van der Waals surface area contributed by atoms with Gasteiger partial charge in [-0.15, -0.1) is 10.2 Å². The highest BCUT2D eigenvalue weighted by molar-refractivity contribution is 5.05. The van der Waals surface area contributed by atoms with Crippen LogP contribution in [0.3, 0.4) is 0 Å². The minimum absolute atomic E-state index is 0.208. The standard InChI is InChI=1S/C12H18F3N5.C6H4F2/c13-12(14,15)11-18-17-10-7-19(4-5-20(10)11)9-3-1-2-8(16)6-9;7-5-1-2-6(8)4-3-5/h8-9H,1-7,16H2;1-4H/t8-,9+;/m1./s1. The van der Waals surface area contributed by atoms with Gasteiger partial charge in [0, 0.05) is 25.2 Å². The summed E-state index contributed by atoms with van der Waals surface area (Å²) < 4.78 is 63.3. The zero-order valence-corrected chi connectivity index (χ0v) is 15.2. The number of hydrogen-bond acceptors (Lipinski definition) is 4. The fraction of sp³-hybridized carbons (Fsp3) is 0.556. The number of aromatic nitrogens is 3. The maximum Gasteiger partial charge on any atom is 0.451 e. The third kappa shape index (κ3) is 5.05. The van der Waals surface area contributed by atoms with E-state index in [9.17, 15) is 22.0 Å². The molecule has 1 fully saturated rings. The van der Waals surface area contributed by atoms with Crippen LogP contribution >= 0.6 is 0 Å². The molecule has 1 aliphatic heterocycles. The Kier molecular flexibility index (Phi) is 6.29. The molecule has 2 atom stereocenters. The monoisotopic (exact) mass is 403 g/mol. The Balaban J connectivity index is 0.000000236. The lowest BCUT2D eigenvalue weighted by atomic mass is 9.90. The van der Waals surface area contributed by atoms with Crippen molar-refractivity contribution in [2.24, 2.45) is 5.73 Å². The molecule has 1 aliphatic carbocycles. The van der Waals surface area contributed by atoms with E-state index in [1.807, 2.05) is 0 Å². The highest BCUT2D eigenvalue weighted by Gasteiger charge is 2.40. The molecule has 0 spiro atoms. The summed E-state index contributed by atoms with van der Waals surface area (Å²) in [5.74, 6) is -1.30. The van der Waals surface area contributed by atoms with Crippen LogP contribution in [0.4, 0.5) is 22.0 Å². The average molecular weight is 403 g/mol. The van der Waals surface area contributed by atoms with Crippen molar-refractivity contribution in [3.05, 3.63) is 47.5 Å². The van der Waals surface area contributed by atoms with Crippen LogP contribution in [0.2, 0.25) is 0 Å². The summed E-state index contributed by atoms with van der Waals surface area (Å²) in [5, 5.41) is 7.01. The number of fused-ring (bicyclic) bond motifs is 1. The molecule has 0 radical (unpaired) electrons. The second kappa shape index (κ2) is 8.52. The van der Waals surface area contributed by atoms with Gasteiger partial charge in [0.25, 0.3) is 0 Å². The van der Waals surface area contributed by atoms with Gasteiger partial charge < -0.3 is 10.3 Å². The number of alkyl halides is 3. The van der Waals surface area contributed by atoms with Gasteiger partial charge in [-0.1, -0.05) is 6.42 Å². The topological polar surface area (TPSA) is 60.0 Å². The van der Waals surface area contributed by atoms with E-state index in [-0.39, 0.29) is 6.04 Å². The maximum atomic E-state index is 12.8. The third-order valence-corrected chi connectivity index (χ3v) is 5.04. The van der Waals surface area contributed by atoms with Crippen LogP contribution in [0.5, 0.6) is 0 Å². The van der Waals surface area contributed by atoms with Crippen molar-refractivity contribution in [1.82, 2.24) is 19.7 Å². The fourth-order valence-corrected chi connectivity index (χ4v) is 3.66. The summed E-state index contributed by atoms with van der Waals surface area (Å²) >= 11 is 0. The molecule has 0 amide bonds. The Morgan fingerprint density at radius 2 is 1.61 bits per heavy atom. The molecule has 2 heterocycles. The Labute approximate surface area is 159 Å². The lowest BCUT2D eigenvalue weighted by Crippen LogP contribution is -2.46. The van der Waals surface area contributed by atoms with Crippen molar-refractivity contribution in [2.45, 2.75) is 57.0 Å². The Morgan fingerprint density at radius 1 is 0.964 bits per heavy atom.